The van der Waals surface area contributed by atoms with Crippen LogP contribution in [0.3, 0.4) is 0 Å². The van der Waals surface area contributed by atoms with Gasteiger partial charge < -0.3 is 45.4 Å². The van der Waals surface area contributed by atoms with Crippen LogP contribution in [0.1, 0.15) is 85.5 Å². The maximum atomic E-state index is 13.5. The second-order valence-electron chi connectivity index (χ2n) is 16.7. The number of nitrogens with zero attached hydrogens (tertiary/aromatic N) is 2. The van der Waals surface area contributed by atoms with E-state index in [9.17, 15) is 34.2 Å². The molecule has 338 valence electrons. The summed E-state index contributed by atoms with van der Waals surface area (Å²) in [5, 5.41) is 27.3. The number of hydrogen-bond donors (Lipinski definition) is 5. The summed E-state index contributed by atoms with van der Waals surface area (Å²) in [6.07, 6.45) is 2.07. The summed E-state index contributed by atoms with van der Waals surface area (Å²) < 4.78 is 11.2. The highest BCUT2D eigenvalue weighted by Gasteiger charge is 2.37. The van der Waals surface area contributed by atoms with Crippen LogP contribution < -0.4 is 16.0 Å². The second kappa shape index (κ2) is 22.4. The Labute approximate surface area is 374 Å². The van der Waals surface area contributed by atoms with Crippen LogP contribution in [0.2, 0.25) is 0 Å². The number of unbranched alkanes of at least 4 members (excludes halogenated alkanes) is 4. The van der Waals surface area contributed by atoms with Crippen molar-refractivity contribution in [2.24, 2.45) is 0 Å². The van der Waals surface area contributed by atoms with E-state index in [1.165, 1.54) is 4.90 Å². The quantitative estimate of drug-likeness (QED) is 0.0696. The minimum atomic E-state index is -1.16. The summed E-state index contributed by atoms with van der Waals surface area (Å²) >= 11 is 0. The Morgan fingerprint density at radius 2 is 1.02 bits per heavy atom. The molecule has 1 aliphatic heterocycles. The van der Waals surface area contributed by atoms with Gasteiger partial charge >= 0.3 is 12.2 Å². The van der Waals surface area contributed by atoms with Crippen LogP contribution in [0.5, 0.6) is 0 Å². The molecule has 0 spiro atoms. The number of alkyl carbamates (subject to hydrolysis) is 2. The Balaban J connectivity index is 0.784. The fourth-order valence-electron chi connectivity index (χ4n) is 9.07. The number of hydrogen-bond acceptors (Lipinski definition) is 9. The van der Waals surface area contributed by atoms with Gasteiger partial charge in [-0.15, -0.1) is 0 Å². The topological polar surface area (TPSA) is 187 Å². The van der Waals surface area contributed by atoms with Crippen LogP contribution in [0, 0.1) is 0 Å². The van der Waals surface area contributed by atoms with Gasteiger partial charge in [0.15, 0.2) is 0 Å². The number of nitrogens with one attached hydrogen (secondary N) is 3. The molecular formula is C50H59N5O9. The molecule has 1 fully saturated rings. The zero-order valence-electron chi connectivity index (χ0n) is 36.2. The van der Waals surface area contributed by atoms with Crippen molar-refractivity contribution in [3.8, 4) is 22.3 Å². The lowest BCUT2D eigenvalue weighted by molar-refractivity contribution is -0.148. The van der Waals surface area contributed by atoms with Crippen molar-refractivity contribution in [2.75, 3.05) is 59.1 Å². The van der Waals surface area contributed by atoms with Gasteiger partial charge in [-0.1, -0.05) is 110 Å². The summed E-state index contributed by atoms with van der Waals surface area (Å²) in [4.78, 5) is 68.3. The number of aliphatic hydroxyl groups is 2. The van der Waals surface area contributed by atoms with Gasteiger partial charge in [0.25, 0.3) is 0 Å². The molecule has 2 unspecified atom stereocenters. The number of ether oxygens (including phenoxy) is 2. The molecule has 7 rings (SSSR count). The number of rotatable bonds is 20. The van der Waals surface area contributed by atoms with Crippen molar-refractivity contribution in [1.82, 2.24) is 25.8 Å². The number of carbonyl (C=O) groups excluding carboxylic acids is 5. The molecule has 0 bridgehead atoms. The summed E-state index contributed by atoms with van der Waals surface area (Å²) in [6, 6.07) is 31.7. The molecule has 5 amide bonds. The second-order valence-corrected chi connectivity index (χ2v) is 16.7. The molecule has 0 saturated carbocycles. The fourth-order valence-corrected chi connectivity index (χ4v) is 9.07. The molecule has 4 aromatic rings. The highest BCUT2D eigenvalue weighted by molar-refractivity contribution is 5.89. The van der Waals surface area contributed by atoms with Crippen molar-refractivity contribution in [1.29, 1.82) is 0 Å². The third kappa shape index (κ3) is 11.3. The van der Waals surface area contributed by atoms with Crippen LogP contribution in [-0.2, 0) is 23.9 Å². The van der Waals surface area contributed by atoms with Gasteiger partial charge in [-0.2, -0.15) is 0 Å². The van der Waals surface area contributed by atoms with E-state index < -0.39 is 36.8 Å². The van der Waals surface area contributed by atoms with E-state index in [4.69, 9.17) is 9.47 Å². The third-order valence-electron chi connectivity index (χ3n) is 12.4. The lowest BCUT2D eigenvalue weighted by Crippen LogP contribution is -2.62. The first-order valence-corrected chi connectivity index (χ1v) is 22.5. The maximum absolute atomic E-state index is 13.5. The third-order valence-corrected chi connectivity index (χ3v) is 12.4. The average molecular weight is 874 g/mol. The fraction of sp³-hybridized carbons (Fsp3) is 0.420. The number of benzene rings is 4. The minimum Gasteiger partial charge on any atom is -0.449 e. The predicted molar refractivity (Wildman–Crippen MR) is 241 cm³/mol. The lowest BCUT2D eigenvalue weighted by atomic mass is 9.98. The minimum absolute atomic E-state index is 0.0129. The number of aliphatic hydroxyl groups excluding tert-OH is 2. The standard InChI is InChI=1S/C50H59N5O9/c56-31-34(57)29-53-48(60)45-30-54(46(58)23-3-1-13-25-51-49(61)63-32-43-39-19-9-5-15-35(39)36-16-6-10-20-40(36)43)27-28-55(45)47(59)24-4-2-14-26-52-50(62)64-33-44-41-21-11-7-17-37(41)38-18-8-12-22-42(38)44/h5-12,15-22,34,43-45,56-57H,1-4,13-14,23-33H2,(H,51,61)(H,52,62)(H,53,60). The summed E-state index contributed by atoms with van der Waals surface area (Å²) in [7, 11) is 0. The van der Waals surface area contributed by atoms with E-state index >= 15 is 0 Å². The Kier molecular flexibility index (Phi) is 16.0. The van der Waals surface area contributed by atoms with Crippen LogP contribution >= 0.6 is 0 Å². The molecule has 2 atom stereocenters. The Bertz CT molecular complexity index is 2180. The molecule has 0 aromatic heterocycles. The van der Waals surface area contributed by atoms with E-state index in [0.717, 1.165) is 44.5 Å². The van der Waals surface area contributed by atoms with Crippen molar-refractivity contribution in [2.45, 2.75) is 75.3 Å². The zero-order valence-corrected chi connectivity index (χ0v) is 36.2. The Morgan fingerprint density at radius 3 is 1.47 bits per heavy atom. The van der Waals surface area contributed by atoms with Gasteiger partial charge in [-0.3, -0.25) is 14.4 Å². The first-order chi connectivity index (χ1) is 31.2. The van der Waals surface area contributed by atoms with Crippen LogP contribution in [0.25, 0.3) is 22.3 Å². The number of amides is 5. The van der Waals surface area contributed by atoms with Crippen LogP contribution in [0.4, 0.5) is 9.59 Å². The normalized spacial score (nSPS) is 15.6. The van der Waals surface area contributed by atoms with Gasteiger partial charge in [0, 0.05) is 57.4 Å². The SMILES string of the molecule is O=C(NCCCCCC(=O)N1CCN(C(=O)CCCCCNC(=O)OCC2c3ccccc3-c3ccccc32)C(C(=O)NCC(O)CO)C1)OCC1c2ccccc2-c2ccccc21. The van der Waals surface area contributed by atoms with E-state index in [0.29, 0.717) is 51.6 Å². The number of fused-ring (bicyclic) bond motifs is 6. The van der Waals surface area contributed by atoms with E-state index in [1.807, 2.05) is 48.5 Å². The van der Waals surface area contributed by atoms with E-state index in [-0.39, 0.29) is 75.9 Å². The summed E-state index contributed by atoms with van der Waals surface area (Å²) in [5.74, 6) is -0.908. The zero-order chi connectivity index (χ0) is 44.8. The van der Waals surface area contributed by atoms with Gasteiger partial charge in [0.2, 0.25) is 17.7 Å². The van der Waals surface area contributed by atoms with Gasteiger partial charge in [-0.25, -0.2) is 9.59 Å². The van der Waals surface area contributed by atoms with Crippen molar-refractivity contribution in [3.05, 3.63) is 119 Å². The molecule has 3 aliphatic rings. The molecule has 14 nitrogen and oxygen atoms in total. The molecule has 4 aromatic carbocycles. The molecule has 2 aliphatic carbocycles. The molecule has 5 N–H and O–H groups in total. The van der Waals surface area contributed by atoms with Gasteiger partial charge in [0.05, 0.1) is 19.3 Å². The van der Waals surface area contributed by atoms with Crippen LogP contribution in [0.15, 0.2) is 97.1 Å². The smallest absolute Gasteiger partial charge is 0.407 e. The van der Waals surface area contributed by atoms with Gasteiger partial charge in [0.1, 0.15) is 19.3 Å². The highest BCUT2D eigenvalue weighted by Crippen LogP contribution is 2.45. The van der Waals surface area contributed by atoms with Crippen molar-refractivity contribution in [3.63, 3.8) is 0 Å². The van der Waals surface area contributed by atoms with Crippen molar-refractivity contribution < 1.29 is 43.7 Å². The van der Waals surface area contributed by atoms with E-state index in [2.05, 4.69) is 64.5 Å². The maximum Gasteiger partial charge on any atom is 0.407 e. The molecule has 14 heteroatoms. The average Bonchev–Trinajstić information content (AvgIpc) is 3.83. The molecule has 0 radical (unpaired) electrons. The lowest BCUT2D eigenvalue weighted by Gasteiger charge is -2.40. The number of piperazine rings is 1. The monoisotopic (exact) mass is 873 g/mol. The van der Waals surface area contributed by atoms with Gasteiger partial charge in [-0.05, 0) is 70.2 Å². The Hall–Kier alpha value is -6.25. The largest absolute Gasteiger partial charge is 0.449 e. The molecule has 1 saturated heterocycles. The van der Waals surface area contributed by atoms with Crippen molar-refractivity contribution >= 4 is 29.9 Å². The highest BCUT2D eigenvalue weighted by atomic mass is 16.6. The number of carbonyl (C=O) groups is 5. The van der Waals surface area contributed by atoms with E-state index in [1.54, 1.807) is 4.90 Å². The first-order valence-electron chi connectivity index (χ1n) is 22.5. The summed E-state index contributed by atoms with van der Waals surface area (Å²) in [5.41, 5.74) is 9.22. The predicted octanol–water partition coefficient (Wildman–Crippen LogP) is 5.69. The van der Waals surface area contributed by atoms with Crippen LogP contribution in [-0.4, -0.2) is 121 Å². The Morgan fingerprint density at radius 1 is 0.578 bits per heavy atom. The molecular weight excluding hydrogens is 815 g/mol. The molecule has 1 heterocycles. The molecule has 64 heavy (non-hydrogen) atoms. The summed E-state index contributed by atoms with van der Waals surface area (Å²) in [6.45, 7) is 1.00. The first kappa shape index (κ1) is 45.8.